The highest BCUT2D eigenvalue weighted by Crippen LogP contribution is 2.56. The Morgan fingerprint density at radius 2 is 0.542 bits per heavy atom. The maximum absolute atomic E-state index is 11.2. The van der Waals surface area contributed by atoms with Crippen molar-refractivity contribution in [2.45, 2.75) is 190 Å². The number of fused-ring (bicyclic) bond motifs is 10. The van der Waals surface area contributed by atoms with Gasteiger partial charge in [-0.1, -0.05) is 327 Å². The van der Waals surface area contributed by atoms with E-state index in [1.807, 2.05) is 190 Å². The third-order valence-corrected chi connectivity index (χ3v) is 21.2. The lowest BCUT2D eigenvalue weighted by Crippen LogP contribution is -2.61. The molecule has 15 aromatic rings. The van der Waals surface area contributed by atoms with E-state index in [1.165, 1.54) is 9.13 Å². The summed E-state index contributed by atoms with van der Waals surface area (Å²) < 4.78 is 261. The number of hydrogen-bond acceptors (Lipinski definition) is 2. The Bertz CT molecular complexity index is 7170. The summed E-state index contributed by atoms with van der Waals surface area (Å²) in [6, 6.07) is 41.9. The summed E-state index contributed by atoms with van der Waals surface area (Å²) in [4.78, 5) is 4.08. The summed E-state index contributed by atoms with van der Waals surface area (Å²) >= 11 is 0. The highest BCUT2D eigenvalue weighted by Gasteiger charge is 2.47. The molecule has 0 bridgehead atoms. The number of nitrogens with zero attached hydrogens (tertiary/aromatic N) is 4. The minimum Gasteiger partial charge on any atom is -0.310 e. The lowest BCUT2D eigenvalue weighted by atomic mass is 9.33. The highest BCUT2D eigenvalue weighted by molar-refractivity contribution is 7.00. The van der Waals surface area contributed by atoms with E-state index < -0.39 is 173 Å². The average Bonchev–Trinajstić information content (AvgIpc) is 0.906. The van der Waals surface area contributed by atoms with E-state index in [2.05, 4.69) is 65.8 Å². The van der Waals surface area contributed by atoms with Gasteiger partial charge in [0.05, 0.1) is 55.4 Å². The largest absolute Gasteiger partial charge is 0.310 e. The fourth-order valence-corrected chi connectivity index (χ4v) is 17.6. The summed E-state index contributed by atoms with van der Waals surface area (Å²) in [5.41, 5.74) is 3.12. The smallest absolute Gasteiger partial charge is 0.252 e. The van der Waals surface area contributed by atoms with Gasteiger partial charge in [-0.2, -0.15) is 0 Å². The maximum atomic E-state index is 11.2. The van der Waals surface area contributed by atoms with Crippen LogP contribution in [0.5, 0.6) is 0 Å². The Morgan fingerprint density at radius 1 is 0.271 bits per heavy atom. The number of benzene rings is 13. The van der Waals surface area contributed by atoms with Crippen LogP contribution in [0.25, 0.3) is 99.5 Å². The van der Waals surface area contributed by atoms with Crippen LogP contribution in [-0.2, 0) is 44.7 Å². The summed E-state index contributed by atoms with van der Waals surface area (Å²) in [5.74, 6) is 0. The van der Waals surface area contributed by atoms with Gasteiger partial charge in [0.15, 0.2) is 0 Å². The van der Waals surface area contributed by atoms with Gasteiger partial charge in [0.1, 0.15) is 0 Å². The van der Waals surface area contributed by atoms with E-state index in [0.29, 0.717) is 107 Å². The molecule has 5 heteroatoms. The van der Waals surface area contributed by atoms with Gasteiger partial charge in [0.2, 0.25) is 0 Å². The number of anilines is 6. The molecule has 0 atom stereocenters. The Labute approximate surface area is 741 Å². The average molecular weight is 1570 g/mol. The Hall–Kier alpha value is -10.9. The molecular formula is C113H121BN4. The number of hydrogen-bond donors (Lipinski definition) is 0. The molecule has 0 radical (unpaired) electrons. The predicted octanol–water partition coefficient (Wildman–Crippen LogP) is 29.8. The van der Waals surface area contributed by atoms with Gasteiger partial charge in [-0.3, -0.25) is 0 Å². The van der Waals surface area contributed by atoms with Gasteiger partial charge in [0.25, 0.3) is 6.71 Å². The second-order valence-corrected chi connectivity index (χ2v) is 39.8. The monoisotopic (exact) mass is 1570 g/mol. The molecule has 0 unspecified atom stereocenters. The zero-order valence-corrected chi connectivity index (χ0v) is 71.9. The van der Waals surface area contributed by atoms with Crippen molar-refractivity contribution in [2.75, 3.05) is 9.80 Å². The Balaban J connectivity index is 1.18. The molecule has 2 aliphatic rings. The van der Waals surface area contributed by atoms with Crippen LogP contribution in [0.2, 0.25) is 0 Å². The molecule has 0 N–H and O–H groups in total. The van der Waals surface area contributed by atoms with Crippen molar-refractivity contribution in [3.05, 3.63) is 305 Å². The standard InChI is InChI=1S/C113H121BN4/c1-107(2,3)66-73-34-30-38-80(54-73)90-58-77(70-111(13,14)15)59-91(81-39-31-35-74(55-81)67-108(4,5)6)105(90)117-100-64-84(115-96-46-26-22-42-86(96)87-43-23-27-47-97(87)115)50-52-94(100)114-95-53-51-85(116-98-48-28-24-44-88(98)89-45-25-29-49-99(89)116)65-101(95)118(103-63-79(72-113(19,20)21)62-102(117)104(103)114)106-92(82-40-32-36-75(56-82)68-109(7,8)9)60-78(71-112(16,17)18)61-93(106)83-41-33-37-76(57-83)69-110(10,11)12/h22-65H,66-72H2,1-21H3/i22D,23D,24D,25D,26D,27D,28D,29D,42D,43D,44D,45D,46D,47D,48D,49D,66D2,67D2,68D2,69D2,72D2. The van der Waals surface area contributed by atoms with E-state index in [9.17, 15) is 35.6 Å². The van der Waals surface area contributed by atoms with Crippen molar-refractivity contribution in [3.63, 3.8) is 0 Å². The molecule has 0 saturated carbocycles. The minimum atomic E-state index is -2.44. The van der Waals surface area contributed by atoms with E-state index in [4.69, 9.17) is 0 Å². The number of para-hydroxylation sites is 4. The maximum Gasteiger partial charge on any atom is 0.252 e. The summed E-state index contributed by atoms with van der Waals surface area (Å²) in [6.45, 7) is 38.8. The second kappa shape index (κ2) is 29.6. The van der Waals surface area contributed by atoms with Crippen LogP contribution in [-0.4, -0.2) is 15.8 Å². The van der Waals surface area contributed by atoms with Crippen molar-refractivity contribution in [1.29, 1.82) is 0 Å². The van der Waals surface area contributed by atoms with E-state index in [-0.39, 0.29) is 83.3 Å². The van der Waals surface area contributed by atoms with Crippen molar-refractivity contribution in [1.82, 2.24) is 9.13 Å². The molecule has 4 nitrogen and oxygen atoms in total. The van der Waals surface area contributed by atoms with Crippen LogP contribution in [0.4, 0.5) is 34.1 Å². The van der Waals surface area contributed by atoms with Crippen LogP contribution < -0.4 is 26.2 Å². The first kappa shape index (κ1) is 54.3. The molecule has 17 rings (SSSR count). The highest BCUT2D eigenvalue weighted by atomic mass is 15.2. The third kappa shape index (κ3) is 16.1. The van der Waals surface area contributed by atoms with Crippen molar-refractivity contribution >= 4 is 101 Å². The van der Waals surface area contributed by atoms with Gasteiger partial charge in [0, 0.05) is 91.6 Å². The van der Waals surface area contributed by atoms with Crippen LogP contribution in [0, 0.1) is 37.9 Å². The molecule has 0 fully saturated rings. The van der Waals surface area contributed by atoms with Crippen LogP contribution >= 0.6 is 0 Å². The Morgan fingerprint density at radius 3 is 0.814 bits per heavy atom. The minimum absolute atomic E-state index is 0.0712. The van der Waals surface area contributed by atoms with Crippen molar-refractivity contribution in [3.8, 4) is 55.9 Å². The van der Waals surface area contributed by atoms with E-state index >= 15 is 0 Å². The zero-order chi connectivity index (χ0) is 106. The summed E-state index contributed by atoms with van der Waals surface area (Å²) in [6.07, 6.45) is -9.73. The number of rotatable bonds is 15. The van der Waals surface area contributed by atoms with Gasteiger partial charge in [-0.05, 0) is 245 Å². The van der Waals surface area contributed by atoms with Crippen LogP contribution in [0.3, 0.4) is 0 Å². The first-order valence-corrected chi connectivity index (χ1v) is 41.2. The molecule has 2 aromatic heterocycles. The molecule has 596 valence electrons. The number of aromatic nitrogens is 2. The molecule has 0 spiro atoms. The molecule has 4 heterocycles. The molecule has 2 aliphatic heterocycles. The summed E-state index contributed by atoms with van der Waals surface area (Å²) in [5, 5.41) is -0.827. The van der Waals surface area contributed by atoms with Crippen LogP contribution in [0.1, 0.15) is 220 Å². The van der Waals surface area contributed by atoms with Gasteiger partial charge in [-0.25, -0.2) is 0 Å². The van der Waals surface area contributed by atoms with E-state index in [1.54, 1.807) is 69.3 Å². The zero-order valence-electron chi connectivity index (χ0n) is 97.9. The van der Waals surface area contributed by atoms with Gasteiger partial charge < -0.3 is 18.9 Å². The lowest BCUT2D eigenvalue weighted by molar-refractivity contribution is 0.410. The predicted molar refractivity (Wildman–Crippen MR) is 513 cm³/mol. The first-order chi connectivity index (χ1) is 66.3. The second-order valence-electron chi connectivity index (χ2n) is 39.8. The quantitative estimate of drug-likeness (QED) is 0.0951. The molecule has 118 heavy (non-hydrogen) atoms. The van der Waals surface area contributed by atoms with Crippen LogP contribution in [0.15, 0.2) is 267 Å². The fourth-order valence-electron chi connectivity index (χ4n) is 17.6. The lowest BCUT2D eigenvalue weighted by Gasteiger charge is -2.46. The molecular weight excluding hydrogens is 1420 g/mol. The molecule has 0 amide bonds. The topological polar surface area (TPSA) is 16.3 Å². The van der Waals surface area contributed by atoms with Gasteiger partial charge >= 0.3 is 0 Å². The third-order valence-electron chi connectivity index (χ3n) is 21.2. The first-order valence-electron chi connectivity index (χ1n) is 54.2. The van der Waals surface area contributed by atoms with Crippen molar-refractivity contribution < 1.29 is 35.6 Å². The van der Waals surface area contributed by atoms with Crippen molar-refractivity contribution in [2.24, 2.45) is 37.9 Å². The normalized spacial score (nSPS) is 17.2. The molecule has 13 aromatic carbocycles. The molecule has 0 saturated heterocycles. The Kier molecular flexibility index (Phi) is 13.6. The molecule has 0 aliphatic carbocycles. The summed E-state index contributed by atoms with van der Waals surface area (Å²) in [7, 11) is 0. The van der Waals surface area contributed by atoms with Gasteiger partial charge in [-0.15, -0.1) is 0 Å². The SMILES string of the molecule is [2H]c1c([2H])c([2H])c2c(c1[2H])c1c([2H])c([2H])c([2H])c([2H])c1n2-c1ccc2c(c1)N(c1c(-c3cccc(C([2H])([2H])C(C)(C)C)c3)cc(CC(C)(C)C)cc1-c1cccc(C([2H])([2H])C(C)(C)C)c1)c1cc(C([2H])([2H])C(C)(C)C)cc3c1B2c1ccc(-n2c4c([2H])c([2H])c([2H])c([2H])c4c4c([2H])c([2H])c([2H])c([2H])c42)cc1N3c1c(-c2cccc(C([2H])([2H])C(C)(C)C)c2)cc(CC(C)(C)C)cc1-c1cccc(C([2H])([2H])C(C)(C)C)c1. The van der Waals surface area contributed by atoms with E-state index in [0.717, 1.165) is 11.1 Å². The fraction of sp³-hybridized carbons (Fsp3) is 0.310.